The quantitative estimate of drug-likeness (QED) is 0.0986. The predicted molar refractivity (Wildman–Crippen MR) is 260 cm³/mol. The Morgan fingerprint density at radius 3 is 1.57 bits per heavy atom. The van der Waals surface area contributed by atoms with Crippen molar-refractivity contribution in [2.24, 2.45) is 5.92 Å². The summed E-state index contributed by atoms with van der Waals surface area (Å²) in [6.45, 7) is 25.7. The Morgan fingerprint density at radius 1 is 0.803 bits per heavy atom. The van der Waals surface area contributed by atoms with Crippen LogP contribution >= 0.6 is 48.7 Å². The number of allylic oxidation sites excluding steroid dienone is 7. The van der Waals surface area contributed by atoms with E-state index in [0.717, 1.165) is 78.9 Å². The summed E-state index contributed by atoms with van der Waals surface area (Å²) in [4.78, 5) is 27.1. The maximum Gasteiger partial charge on any atom is 2.00 e. The number of aromatic amines is 2. The van der Waals surface area contributed by atoms with Crippen LogP contribution in [0.3, 0.4) is 0 Å². The summed E-state index contributed by atoms with van der Waals surface area (Å²) >= 11 is 4.26. The molecule has 0 aromatic carbocycles. The van der Waals surface area contributed by atoms with Gasteiger partial charge in [0.2, 0.25) is 0 Å². The van der Waals surface area contributed by atoms with E-state index in [1.54, 1.807) is 30.5 Å². The second-order valence-electron chi connectivity index (χ2n) is 14.5. The zero-order valence-electron chi connectivity index (χ0n) is 39.4. The van der Waals surface area contributed by atoms with Gasteiger partial charge >= 0.3 is 106 Å². The molecule has 1 heterocycles. The predicted octanol–water partition coefficient (Wildman–Crippen LogP) is 7.38. The Morgan fingerprint density at radius 2 is 1.26 bits per heavy atom. The van der Waals surface area contributed by atoms with Crippen molar-refractivity contribution in [3.63, 3.8) is 0 Å². The number of rotatable bonds is 7. The van der Waals surface area contributed by atoms with Crippen LogP contribution in [0.4, 0.5) is 0 Å². The number of halogens is 6. The van der Waals surface area contributed by atoms with Crippen molar-refractivity contribution >= 4 is 86.0 Å². The van der Waals surface area contributed by atoms with Crippen LogP contribution < -0.4 is 52.2 Å². The van der Waals surface area contributed by atoms with E-state index in [4.69, 9.17) is 26.7 Å². The summed E-state index contributed by atoms with van der Waals surface area (Å²) in [5.74, 6) is 0.893. The average Bonchev–Trinajstić information content (AvgIpc) is 4.03. The molecule has 0 fully saturated rings. The minimum atomic E-state index is -2.24. The third-order valence-corrected chi connectivity index (χ3v) is 13.1. The fourth-order valence-electron chi connectivity index (χ4n) is 7.54. The van der Waals surface area contributed by atoms with E-state index in [-0.39, 0.29) is 103 Å². The number of aliphatic hydroxyl groups is 2. The van der Waals surface area contributed by atoms with Gasteiger partial charge in [0.25, 0.3) is 0 Å². The molecule has 5 aliphatic rings. The molecule has 6 rings (SSSR count). The van der Waals surface area contributed by atoms with E-state index >= 15 is 0 Å². The first-order valence-electron chi connectivity index (χ1n) is 20.1. The number of aliphatic hydroxyl groups excluding tert-OH is 2. The Bertz CT molecular complexity index is 1640. The molecule has 4 N–H and O–H groups in total. The molecule has 0 bridgehead atoms. The van der Waals surface area contributed by atoms with E-state index in [1.165, 1.54) is 52.7 Å². The SMILES string of the molecule is C=COC1CCC(C)=C1CC.CC1=C(Br)C(=O)CC1.CC1=C(Br)C(O)CC1.CCC1=C(C)CCC1Cc1c[nH]c(=O)[nH]1.CCC1=C(C)CCC1O.[B].[Br-].[CH2-]C.[Cl][Ce]([Cl])[Cl].[H-].[Mg+2].[Na+]. The average molecular weight is 1250 g/mol. The number of ketones is 1. The first kappa shape index (κ1) is 72.3. The number of hydrogen-bond donors (Lipinski definition) is 4. The fourth-order valence-corrected chi connectivity index (χ4v) is 8.36. The standard InChI is InChI=1S/C12H18N2O.C10H16O.C8H14O.C6H9BrO.C6H7BrO.C2H5.B.BrH.Ce.3ClH.Mg.Na.H/c1-3-11-8(2)4-5-9(11)6-10-7-13-12(15)14-10;1-4-9-8(3)6-7-10(9)11-5-2;1-3-7-6(2)4-5-8(7)9;2*1-4-2-3-5(8)6(4)7;1-2;;;;;;;;;/h7,9H,3-6H2,1-2H3,(H2,13,14,15);5,10H,2,4,6-7H2,1,3H3;8-9H,3-5H2,1-2H3;5,8H,2-3H2,1H3;2-3H2,1H3;1H2,2H3;;1H;;3*1H;;;/q;;;;;-1;;;+3;;;;+2;+1;-1/p-4. The van der Waals surface area contributed by atoms with Gasteiger partial charge in [-0.25, -0.2) is 4.79 Å². The molecule has 61 heavy (non-hydrogen) atoms. The molecule has 17 heteroatoms. The van der Waals surface area contributed by atoms with E-state index < -0.39 is 30.7 Å². The number of imidazole rings is 1. The molecule has 4 unspecified atom stereocenters. The number of carbonyl (C=O) groups excluding carboxylic acids is 1. The number of H-pyrrole nitrogens is 2. The van der Waals surface area contributed by atoms with E-state index in [0.29, 0.717) is 18.4 Å². The van der Waals surface area contributed by atoms with Crippen molar-refractivity contribution in [2.75, 3.05) is 0 Å². The zero-order valence-corrected chi connectivity index (χ0v) is 52.0. The van der Waals surface area contributed by atoms with E-state index in [2.05, 4.69) is 96.9 Å². The number of hydrogen-bond acceptors (Lipinski definition) is 5. The summed E-state index contributed by atoms with van der Waals surface area (Å²) in [5.41, 5.74) is 27.3. The van der Waals surface area contributed by atoms with Crippen LogP contribution in [0.25, 0.3) is 0 Å². The van der Waals surface area contributed by atoms with Gasteiger partial charge in [-0.2, -0.15) is 6.92 Å². The molecular weight excluding hydrogens is 1180 g/mol. The maximum absolute atomic E-state index is 11.0. The molecule has 0 spiro atoms. The molecule has 5 aliphatic carbocycles. The van der Waals surface area contributed by atoms with Crippen molar-refractivity contribution in [1.82, 2.24) is 9.97 Å². The Balaban J connectivity index is -0.000000153. The number of ether oxygens (including phenoxy) is 1. The third-order valence-electron chi connectivity index (χ3n) is 10.7. The van der Waals surface area contributed by atoms with Crippen molar-refractivity contribution in [2.45, 2.75) is 171 Å². The van der Waals surface area contributed by atoms with Gasteiger partial charge in [-0.1, -0.05) is 76.7 Å². The van der Waals surface area contributed by atoms with Gasteiger partial charge in [0.05, 0.1) is 23.0 Å². The Kier molecular flexibility index (Phi) is 49.0. The molecule has 4 atom stereocenters. The monoisotopic (exact) mass is 1250 g/mol. The molecular formula is C44H70BBr3CeCl3MgN2NaO5. The first-order valence-corrected chi connectivity index (χ1v) is 33.5. The van der Waals surface area contributed by atoms with Gasteiger partial charge < -0.3 is 50.2 Å². The fraction of sp³-hybridized carbons (Fsp3) is 0.614. The van der Waals surface area contributed by atoms with Crippen molar-refractivity contribution in [3.8, 4) is 0 Å². The van der Waals surface area contributed by atoms with Crippen LogP contribution in [0.5, 0.6) is 0 Å². The summed E-state index contributed by atoms with van der Waals surface area (Å²) in [6, 6.07) is 0. The van der Waals surface area contributed by atoms with Gasteiger partial charge in [-0.3, -0.25) is 4.79 Å². The molecule has 338 valence electrons. The van der Waals surface area contributed by atoms with Gasteiger partial charge in [0, 0.05) is 31.2 Å². The minimum Gasteiger partial charge on any atom is -1.00 e. The summed E-state index contributed by atoms with van der Waals surface area (Å²) in [6.07, 6.45) is 18.0. The number of aromatic nitrogens is 2. The van der Waals surface area contributed by atoms with Crippen LogP contribution in [0, 0.1) is 43.5 Å². The van der Waals surface area contributed by atoms with Gasteiger partial charge in [0.15, 0.2) is 5.78 Å². The van der Waals surface area contributed by atoms with Crippen LogP contribution in [0.15, 0.2) is 77.4 Å². The number of Topliss-reactive ketones (excluding diaryl/α,β-unsaturated/α-hetero) is 1. The minimum absolute atomic E-state index is 0. The molecule has 0 saturated heterocycles. The van der Waals surface area contributed by atoms with Gasteiger partial charge in [-0.15, -0.1) is 0 Å². The number of carbonyl (C=O) groups is 1. The largest absolute Gasteiger partial charge is 2.00 e. The molecule has 1 aromatic rings. The molecule has 1 aromatic heterocycles. The molecule has 3 radical (unpaired) electrons. The van der Waals surface area contributed by atoms with Crippen LogP contribution in [0.1, 0.15) is 153 Å². The van der Waals surface area contributed by atoms with Crippen LogP contribution in [0.2, 0.25) is 0 Å². The van der Waals surface area contributed by atoms with Crippen molar-refractivity contribution in [1.29, 1.82) is 0 Å². The van der Waals surface area contributed by atoms with Crippen LogP contribution in [-0.4, -0.2) is 75.7 Å². The smallest absolute Gasteiger partial charge is 1.00 e. The Labute approximate surface area is 459 Å². The number of nitrogens with one attached hydrogen (secondary N) is 2. The van der Waals surface area contributed by atoms with E-state index in [1.807, 2.05) is 13.8 Å². The molecule has 7 nitrogen and oxygen atoms in total. The summed E-state index contributed by atoms with van der Waals surface area (Å²) in [5, 5.41) is 18.4. The molecule has 0 saturated carbocycles. The van der Waals surface area contributed by atoms with E-state index in [9.17, 15) is 14.7 Å². The first-order chi connectivity index (χ1) is 26.9. The van der Waals surface area contributed by atoms with Crippen molar-refractivity contribution in [3.05, 3.63) is 95.7 Å². The Hall–Kier alpha value is 2.36. The summed E-state index contributed by atoms with van der Waals surface area (Å²) in [7, 11) is 0. The van der Waals surface area contributed by atoms with Crippen molar-refractivity contribution < 1.29 is 98.4 Å². The third kappa shape index (κ3) is 28.5. The molecule has 0 amide bonds. The van der Waals surface area contributed by atoms with Gasteiger partial charge in [-0.05, 0) is 151 Å². The zero-order chi connectivity index (χ0) is 43.8. The second kappa shape index (κ2) is 41.3. The topological polar surface area (TPSA) is 115 Å². The second-order valence-corrected chi connectivity index (χ2v) is 30.0. The van der Waals surface area contributed by atoms with Gasteiger partial charge in [0.1, 0.15) is 6.10 Å². The summed E-state index contributed by atoms with van der Waals surface area (Å²) < 4.78 is 7.18. The normalized spacial score (nSPS) is 20.8. The maximum atomic E-state index is 11.0. The van der Waals surface area contributed by atoms with Crippen LogP contribution in [-0.2, 0) is 16.0 Å². The molecule has 0 aliphatic heterocycles.